The smallest absolute Gasteiger partial charge is 0.143 e. The summed E-state index contributed by atoms with van der Waals surface area (Å²) in [4.78, 5) is 2.32. The average molecular weight is 270 g/mol. The van der Waals surface area contributed by atoms with Crippen LogP contribution in [0.3, 0.4) is 0 Å². The molecule has 15 heavy (non-hydrogen) atoms. The van der Waals surface area contributed by atoms with Gasteiger partial charge in [-0.2, -0.15) is 0 Å². The minimum atomic E-state index is 0.471. The van der Waals surface area contributed by atoms with Crippen LogP contribution in [0.25, 0.3) is 0 Å². The summed E-state index contributed by atoms with van der Waals surface area (Å²) in [7, 11) is 2.14. The van der Waals surface area contributed by atoms with Crippen molar-refractivity contribution in [2.45, 2.75) is 19.9 Å². The Morgan fingerprint density at radius 2 is 2.20 bits per heavy atom. The number of benzene rings is 1. The van der Waals surface area contributed by atoms with E-state index in [0.29, 0.717) is 12.0 Å². The first kappa shape index (κ1) is 10.8. The second-order valence-electron chi connectivity index (χ2n) is 4.35. The minimum Gasteiger partial charge on any atom is -0.489 e. The normalized spacial score (nSPS) is 20.1. The van der Waals surface area contributed by atoms with E-state index in [0.717, 1.165) is 16.8 Å². The molecule has 1 aliphatic heterocycles. The molecule has 0 bridgehead atoms. The summed E-state index contributed by atoms with van der Waals surface area (Å²) in [5.74, 6) is 1.58. The summed E-state index contributed by atoms with van der Waals surface area (Å²) in [6.45, 7) is 5.24. The van der Waals surface area contributed by atoms with E-state index in [1.807, 2.05) is 6.07 Å². The topological polar surface area (TPSA) is 12.5 Å². The lowest BCUT2D eigenvalue weighted by atomic mass is 10.0. The van der Waals surface area contributed by atoms with Crippen LogP contribution in [0.5, 0.6) is 5.75 Å². The molecule has 0 aliphatic carbocycles. The summed E-state index contributed by atoms with van der Waals surface area (Å²) in [5, 5.41) is 0. The molecule has 1 heterocycles. The lowest BCUT2D eigenvalue weighted by Crippen LogP contribution is -2.43. The third kappa shape index (κ3) is 1.98. The highest BCUT2D eigenvalue weighted by molar-refractivity contribution is 9.10. The summed E-state index contributed by atoms with van der Waals surface area (Å²) < 4.78 is 6.84. The van der Waals surface area contributed by atoms with Crippen molar-refractivity contribution in [2.24, 2.45) is 5.92 Å². The number of hydrogen-bond donors (Lipinski definition) is 0. The number of fused-ring (bicyclic) bond motifs is 1. The van der Waals surface area contributed by atoms with Gasteiger partial charge in [-0.05, 0) is 24.1 Å². The zero-order valence-corrected chi connectivity index (χ0v) is 10.9. The van der Waals surface area contributed by atoms with Crippen LogP contribution in [0.2, 0.25) is 0 Å². The number of anilines is 1. The standard InChI is InChI=1S/C12H16BrNO/c1-8(2)11-7-15-12-6-9(13)4-5-10(12)14(11)3/h4-6,8,11H,7H2,1-3H3. The largest absolute Gasteiger partial charge is 0.489 e. The van der Waals surface area contributed by atoms with Crippen molar-refractivity contribution in [3.8, 4) is 5.75 Å². The Morgan fingerprint density at radius 3 is 2.87 bits per heavy atom. The first-order chi connectivity index (χ1) is 7.09. The van der Waals surface area contributed by atoms with E-state index < -0.39 is 0 Å². The Hall–Kier alpha value is -0.700. The van der Waals surface area contributed by atoms with Crippen molar-refractivity contribution in [1.82, 2.24) is 0 Å². The lowest BCUT2D eigenvalue weighted by Gasteiger charge is -2.38. The van der Waals surface area contributed by atoms with Gasteiger partial charge in [0.2, 0.25) is 0 Å². The van der Waals surface area contributed by atoms with Gasteiger partial charge in [0, 0.05) is 11.5 Å². The van der Waals surface area contributed by atoms with Crippen molar-refractivity contribution in [3.63, 3.8) is 0 Å². The number of likely N-dealkylation sites (N-methyl/N-ethyl adjacent to an activating group) is 1. The van der Waals surface area contributed by atoms with Crippen LogP contribution in [0.15, 0.2) is 22.7 Å². The lowest BCUT2D eigenvalue weighted by molar-refractivity contribution is 0.237. The number of rotatable bonds is 1. The molecule has 0 saturated heterocycles. The Labute approximate surface area is 99.4 Å². The maximum atomic E-state index is 5.78. The monoisotopic (exact) mass is 269 g/mol. The second-order valence-corrected chi connectivity index (χ2v) is 5.26. The summed E-state index contributed by atoms with van der Waals surface area (Å²) >= 11 is 3.46. The number of ether oxygens (including phenoxy) is 1. The molecular weight excluding hydrogens is 254 g/mol. The Balaban J connectivity index is 2.34. The highest BCUT2D eigenvalue weighted by Crippen LogP contribution is 2.36. The zero-order valence-electron chi connectivity index (χ0n) is 9.33. The zero-order chi connectivity index (χ0) is 11.0. The molecule has 0 saturated carbocycles. The van der Waals surface area contributed by atoms with E-state index in [4.69, 9.17) is 4.74 Å². The fourth-order valence-corrected chi connectivity index (χ4v) is 2.34. The molecule has 2 nitrogen and oxygen atoms in total. The molecule has 0 N–H and O–H groups in total. The molecule has 1 unspecified atom stereocenters. The fourth-order valence-electron chi connectivity index (χ4n) is 2.00. The Bertz CT molecular complexity index is 365. The quantitative estimate of drug-likeness (QED) is 0.776. The van der Waals surface area contributed by atoms with Crippen LogP contribution >= 0.6 is 15.9 Å². The van der Waals surface area contributed by atoms with Gasteiger partial charge in [-0.25, -0.2) is 0 Å². The predicted octanol–water partition coefficient (Wildman–Crippen LogP) is 3.30. The summed E-state index contributed by atoms with van der Waals surface area (Å²) in [6.07, 6.45) is 0. The maximum absolute atomic E-state index is 5.78. The van der Waals surface area contributed by atoms with Crippen molar-refractivity contribution >= 4 is 21.6 Å². The third-order valence-corrected chi connectivity index (χ3v) is 3.47. The molecule has 3 heteroatoms. The fraction of sp³-hybridized carbons (Fsp3) is 0.500. The Morgan fingerprint density at radius 1 is 1.47 bits per heavy atom. The van der Waals surface area contributed by atoms with E-state index in [9.17, 15) is 0 Å². The molecule has 1 aliphatic rings. The van der Waals surface area contributed by atoms with Crippen LogP contribution in [-0.4, -0.2) is 19.7 Å². The van der Waals surface area contributed by atoms with Crippen LogP contribution < -0.4 is 9.64 Å². The molecule has 0 fully saturated rings. The van der Waals surface area contributed by atoms with Crippen LogP contribution in [0, 0.1) is 5.92 Å². The number of hydrogen-bond acceptors (Lipinski definition) is 2. The molecule has 1 aromatic rings. The molecule has 1 aromatic carbocycles. The average Bonchev–Trinajstić information content (AvgIpc) is 2.17. The Kier molecular flexibility index (Phi) is 2.91. The first-order valence-electron chi connectivity index (χ1n) is 5.25. The van der Waals surface area contributed by atoms with Crippen LogP contribution in [0.1, 0.15) is 13.8 Å². The van der Waals surface area contributed by atoms with Gasteiger partial charge < -0.3 is 9.64 Å². The van der Waals surface area contributed by atoms with Gasteiger partial charge in [-0.15, -0.1) is 0 Å². The van der Waals surface area contributed by atoms with E-state index in [2.05, 4.69) is 53.9 Å². The molecule has 82 valence electrons. The molecule has 0 radical (unpaired) electrons. The SMILES string of the molecule is CC(C)C1COc2cc(Br)ccc2N1C. The highest BCUT2D eigenvalue weighted by Gasteiger charge is 2.26. The van der Waals surface area contributed by atoms with Gasteiger partial charge in [-0.3, -0.25) is 0 Å². The molecule has 1 atom stereocenters. The first-order valence-corrected chi connectivity index (χ1v) is 6.04. The van der Waals surface area contributed by atoms with Crippen molar-refractivity contribution in [2.75, 3.05) is 18.6 Å². The van der Waals surface area contributed by atoms with Crippen molar-refractivity contribution < 1.29 is 4.74 Å². The van der Waals surface area contributed by atoms with Crippen LogP contribution in [-0.2, 0) is 0 Å². The minimum absolute atomic E-state index is 0.471. The van der Waals surface area contributed by atoms with E-state index >= 15 is 0 Å². The van der Waals surface area contributed by atoms with Gasteiger partial charge in [0.1, 0.15) is 12.4 Å². The van der Waals surface area contributed by atoms with Gasteiger partial charge >= 0.3 is 0 Å². The van der Waals surface area contributed by atoms with E-state index in [1.54, 1.807) is 0 Å². The van der Waals surface area contributed by atoms with Gasteiger partial charge in [0.25, 0.3) is 0 Å². The highest BCUT2D eigenvalue weighted by atomic mass is 79.9. The van der Waals surface area contributed by atoms with Gasteiger partial charge in [-0.1, -0.05) is 29.8 Å². The van der Waals surface area contributed by atoms with Crippen molar-refractivity contribution in [1.29, 1.82) is 0 Å². The molecule has 0 spiro atoms. The molecule has 0 aromatic heterocycles. The van der Waals surface area contributed by atoms with Crippen LogP contribution in [0.4, 0.5) is 5.69 Å². The maximum Gasteiger partial charge on any atom is 0.143 e. The van der Waals surface area contributed by atoms with Gasteiger partial charge in [0.05, 0.1) is 11.7 Å². The molecule has 2 rings (SSSR count). The number of nitrogens with zero attached hydrogens (tertiary/aromatic N) is 1. The molecular formula is C12H16BrNO. The number of halogens is 1. The third-order valence-electron chi connectivity index (χ3n) is 2.98. The summed E-state index contributed by atoms with van der Waals surface area (Å²) in [5.41, 5.74) is 1.18. The predicted molar refractivity (Wildman–Crippen MR) is 66.7 cm³/mol. The van der Waals surface area contributed by atoms with E-state index in [1.165, 1.54) is 5.69 Å². The second kappa shape index (κ2) is 4.05. The summed E-state index contributed by atoms with van der Waals surface area (Å²) in [6, 6.07) is 6.66. The van der Waals surface area contributed by atoms with Gasteiger partial charge in [0.15, 0.2) is 0 Å². The van der Waals surface area contributed by atoms with Crippen molar-refractivity contribution in [3.05, 3.63) is 22.7 Å². The van der Waals surface area contributed by atoms with E-state index in [-0.39, 0.29) is 0 Å². The molecule has 0 amide bonds.